The zero-order chi connectivity index (χ0) is 25.8. The van der Waals surface area contributed by atoms with Crippen molar-refractivity contribution in [3.8, 4) is 5.75 Å². The van der Waals surface area contributed by atoms with Crippen molar-refractivity contribution in [3.63, 3.8) is 0 Å². The molecule has 0 aliphatic rings. The normalized spacial score (nSPS) is 11.4. The quantitative estimate of drug-likeness (QED) is 0.327. The molecule has 37 heavy (non-hydrogen) atoms. The van der Waals surface area contributed by atoms with Crippen LogP contribution in [-0.4, -0.2) is 37.2 Å². The molecule has 2 aromatic heterocycles. The van der Waals surface area contributed by atoms with E-state index in [1.54, 1.807) is 23.9 Å². The molecule has 0 radical (unpaired) electrons. The molecular formula is C28H27FN6O2. The molecule has 188 valence electrons. The standard InChI is InChI=1S/C28H27FN6O2/c1-19-4-3-5-22-14-23(28(36)30-27(19)22)17-34(15-20-6-10-24(29)11-7-20)18-26-31-32-33-35(26)16-21-8-12-25(37-2)13-9-21/h3-14H,15-18H2,1-2H3,(H,30,36). The van der Waals surface area contributed by atoms with Gasteiger partial charge in [-0.05, 0) is 69.8 Å². The predicted molar refractivity (Wildman–Crippen MR) is 139 cm³/mol. The van der Waals surface area contributed by atoms with E-state index < -0.39 is 0 Å². The van der Waals surface area contributed by atoms with E-state index in [0.29, 0.717) is 37.6 Å². The second-order valence-electron chi connectivity index (χ2n) is 9.04. The minimum atomic E-state index is -0.292. The van der Waals surface area contributed by atoms with Crippen LogP contribution in [0.2, 0.25) is 0 Å². The van der Waals surface area contributed by atoms with Gasteiger partial charge >= 0.3 is 0 Å². The van der Waals surface area contributed by atoms with Crippen molar-refractivity contribution in [2.75, 3.05) is 7.11 Å². The van der Waals surface area contributed by atoms with Crippen molar-refractivity contribution in [2.24, 2.45) is 0 Å². The molecule has 3 aromatic carbocycles. The Morgan fingerprint density at radius 3 is 2.49 bits per heavy atom. The number of tetrazole rings is 1. The Bertz CT molecular complexity index is 1560. The van der Waals surface area contributed by atoms with Gasteiger partial charge in [0.2, 0.25) is 0 Å². The van der Waals surface area contributed by atoms with Crippen LogP contribution in [0.5, 0.6) is 5.75 Å². The van der Waals surface area contributed by atoms with Crippen molar-refractivity contribution in [1.29, 1.82) is 0 Å². The fraction of sp³-hybridized carbons (Fsp3) is 0.214. The first kappa shape index (κ1) is 24.3. The lowest BCUT2D eigenvalue weighted by Crippen LogP contribution is -2.28. The number of H-pyrrole nitrogens is 1. The number of halogens is 1. The molecule has 5 rings (SSSR count). The summed E-state index contributed by atoms with van der Waals surface area (Å²) in [7, 11) is 1.63. The monoisotopic (exact) mass is 498 g/mol. The third-order valence-electron chi connectivity index (χ3n) is 6.34. The van der Waals surface area contributed by atoms with E-state index in [1.165, 1.54) is 12.1 Å². The summed E-state index contributed by atoms with van der Waals surface area (Å²) in [5, 5.41) is 13.3. The number of hydrogen-bond acceptors (Lipinski definition) is 6. The lowest BCUT2D eigenvalue weighted by Gasteiger charge is -2.22. The molecule has 0 unspecified atom stereocenters. The second kappa shape index (κ2) is 10.7. The third-order valence-corrected chi connectivity index (χ3v) is 6.34. The fourth-order valence-electron chi connectivity index (χ4n) is 4.37. The average molecular weight is 499 g/mol. The van der Waals surface area contributed by atoms with Crippen LogP contribution < -0.4 is 10.3 Å². The topological polar surface area (TPSA) is 88.9 Å². The van der Waals surface area contributed by atoms with E-state index in [2.05, 4.69) is 25.4 Å². The molecule has 2 heterocycles. The van der Waals surface area contributed by atoms with Crippen molar-refractivity contribution in [1.82, 2.24) is 30.1 Å². The van der Waals surface area contributed by atoms with Crippen molar-refractivity contribution in [2.45, 2.75) is 33.1 Å². The van der Waals surface area contributed by atoms with Crippen LogP contribution in [0.3, 0.4) is 0 Å². The van der Waals surface area contributed by atoms with Crippen LogP contribution in [0.4, 0.5) is 4.39 Å². The number of pyridine rings is 1. The number of fused-ring (bicyclic) bond motifs is 1. The predicted octanol–water partition coefficient (Wildman–Crippen LogP) is 4.22. The van der Waals surface area contributed by atoms with Crippen LogP contribution in [0.1, 0.15) is 28.1 Å². The van der Waals surface area contributed by atoms with Crippen LogP contribution in [0, 0.1) is 12.7 Å². The van der Waals surface area contributed by atoms with Gasteiger partial charge in [0.15, 0.2) is 5.82 Å². The van der Waals surface area contributed by atoms with Gasteiger partial charge in [-0.1, -0.05) is 42.5 Å². The Labute approximate surface area is 213 Å². The number of nitrogens with one attached hydrogen (secondary N) is 1. The lowest BCUT2D eigenvalue weighted by atomic mass is 10.1. The number of methoxy groups -OCH3 is 1. The van der Waals surface area contributed by atoms with Gasteiger partial charge in [-0.15, -0.1) is 5.10 Å². The number of para-hydroxylation sites is 1. The number of aryl methyl sites for hydroxylation is 1. The van der Waals surface area contributed by atoms with Gasteiger partial charge in [-0.25, -0.2) is 9.07 Å². The zero-order valence-electron chi connectivity index (χ0n) is 20.7. The summed E-state index contributed by atoms with van der Waals surface area (Å²) in [4.78, 5) is 18.1. The van der Waals surface area contributed by atoms with E-state index in [0.717, 1.165) is 33.3 Å². The highest BCUT2D eigenvalue weighted by atomic mass is 19.1. The smallest absolute Gasteiger partial charge is 0.252 e. The Morgan fingerprint density at radius 1 is 0.973 bits per heavy atom. The molecule has 1 N–H and O–H groups in total. The number of nitrogens with zero attached hydrogens (tertiary/aromatic N) is 5. The first-order chi connectivity index (χ1) is 18.0. The Hall–Kier alpha value is -4.37. The second-order valence-corrected chi connectivity index (χ2v) is 9.04. The van der Waals surface area contributed by atoms with Crippen LogP contribution in [0.25, 0.3) is 10.9 Å². The Kier molecular flexibility index (Phi) is 7.04. The molecule has 9 heteroatoms. The van der Waals surface area contributed by atoms with Gasteiger partial charge in [-0.3, -0.25) is 9.69 Å². The number of rotatable bonds is 9. The zero-order valence-corrected chi connectivity index (χ0v) is 20.7. The summed E-state index contributed by atoms with van der Waals surface area (Å²) in [6.45, 7) is 3.72. The van der Waals surface area contributed by atoms with Crippen molar-refractivity contribution < 1.29 is 9.13 Å². The molecule has 0 saturated carbocycles. The molecule has 0 aliphatic carbocycles. The molecule has 0 amide bonds. The van der Waals surface area contributed by atoms with E-state index in [4.69, 9.17) is 4.74 Å². The highest BCUT2D eigenvalue weighted by Crippen LogP contribution is 2.18. The van der Waals surface area contributed by atoms with Gasteiger partial charge in [0.1, 0.15) is 11.6 Å². The number of aromatic amines is 1. The molecule has 0 saturated heterocycles. The molecule has 0 bridgehead atoms. The summed E-state index contributed by atoms with van der Waals surface area (Å²) in [5.74, 6) is 1.15. The Balaban J connectivity index is 1.43. The number of aromatic nitrogens is 5. The first-order valence-electron chi connectivity index (χ1n) is 11.9. The summed E-state index contributed by atoms with van der Waals surface area (Å²) in [5.41, 5.74) is 4.30. The van der Waals surface area contributed by atoms with E-state index in [1.807, 2.05) is 55.5 Å². The van der Waals surface area contributed by atoms with Crippen molar-refractivity contribution >= 4 is 10.9 Å². The summed E-state index contributed by atoms with van der Waals surface area (Å²) < 4.78 is 20.5. The van der Waals surface area contributed by atoms with Crippen LogP contribution in [0.15, 0.2) is 77.6 Å². The lowest BCUT2D eigenvalue weighted by molar-refractivity contribution is 0.236. The van der Waals surface area contributed by atoms with Gasteiger partial charge in [-0.2, -0.15) is 0 Å². The molecule has 5 aromatic rings. The first-order valence-corrected chi connectivity index (χ1v) is 11.9. The van der Waals surface area contributed by atoms with Gasteiger partial charge in [0, 0.05) is 18.7 Å². The number of ether oxygens (including phenoxy) is 1. The van der Waals surface area contributed by atoms with E-state index >= 15 is 0 Å². The molecule has 8 nitrogen and oxygen atoms in total. The maximum atomic E-state index is 13.5. The molecular weight excluding hydrogens is 471 g/mol. The minimum absolute atomic E-state index is 0.135. The van der Waals surface area contributed by atoms with Crippen LogP contribution in [-0.2, 0) is 26.2 Å². The molecule has 0 aliphatic heterocycles. The maximum Gasteiger partial charge on any atom is 0.252 e. The largest absolute Gasteiger partial charge is 0.497 e. The van der Waals surface area contributed by atoms with E-state index in [9.17, 15) is 9.18 Å². The molecule has 0 fully saturated rings. The highest BCUT2D eigenvalue weighted by molar-refractivity contribution is 5.81. The number of hydrogen-bond donors (Lipinski definition) is 1. The summed E-state index contributed by atoms with van der Waals surface area (Å²) in [6.07, 6.45) is 0. The van der Waals surface area contributed by atoms with Gasteiger partial charge in [0.25, 0.3) is 5.56 Å². The van der Waals surface area contributed by atoms with Crippen LogP contribution >= 0.6 is 0 Å². The van der Waals surface area contributed by atoms with Gasteiger partial charge < -0.3 is 9.72 Å². The highest BCUT2D eigenvalue weighted by Gasteiger charge is 2.16. The average Bonchev–Trinajstić information content (AvgIpc) is 3.33. The SMILES string of the molecule is COc1ccc(Cn2nnnc2CN(Cc2ccc(F)cc2)Cc2cc3cccc(C)c3[nH]c2=O)cc1. The number of benzene rings is 3. The van der Waals surface area contributed by atoms with E-state index in [-0.39, 0.29) is 11.4 Å². The minimum Gasteiger partial charge on any atom is -0.497 e. The molecule has 0 atom stereocenters. The van der Waals surface area contributed by atoms with Crippen molar-refractivity contribution in [3.05, 3.63) is 117 Å². The Morgan fingerprint density at radius 2 is 1.73 bits per heavy atom. The third kappa shape index (κ3) is 5.73. The van der Waals surface area contributed by atoms with Gasteiger partial charge in [0.05, 0.1) is 25.7 Å². The maximum absolute atomic E-state index is 13.5. The fourth-order valence-corrected chi connectivity index (χ4v) is 4.37. The summed E-state index contributed by atoms with van der Waals surface area (Å²) in [6, 6.07) is 22.0. The molecule has 0 spiro atoms. The summed E-state index contributed by atoms with van der Waals surface area (Å²) >= 11 is 0.